The summed E-state index contributed by atoms with van der Waals surface area (Å²) in [6.07, 6.45) is 0. The first-order valence-corrected chi connectivity index (χ1v) is 8.09. The van der Waals surface area contributed by atoms with E-state index in [2.05, 4.69) is 10.6 Å². The standard InChI is InChI=1S/C21H18N2O3/c1-26-19-14-8-5-11-16(19)21(25)23-18-13-7-6-12-17(18)22-20(24)15-9-3-2-4-10-15/h2-14H,1H3,(H,22,24)(H,23,25). The Balaban J connectivity index is 1.81. The number of para-hydroxylation sites is 3. The van der Waals surface area contributed by atoms with Crippen molar-refractivity contribution in [3.63, 3.8) is 0 Å². The molecule has 5 heteroatoms. The van der Waals surface area contributed by atoms with Crippen LogP contribution in [0.1, 0.15) is 20.7 Å². The molecular weight excluding hydrogens is 328 g/mol. The predicted octanol–water partition coefficient (Wildman–Crippen LogP) is 4.20. The molecule has 5 nitrogen and oxygen atoms in total. The highest BCUT2D eigenvalue weighted by Crippen LogP contribution is 2.24. The van der Waals surface area contributed by atoms with Crippen molar-refractivity contribution in [1.82, 2.24) is 0 Å². The molecule has 2 N–H and O–H groups in total. The first-order valence-electron chi connectivity index (χ1n) is 8.09. The number of ether oxygens (including phenoxy) is 1. The minimum Gasteiger partial charge on any atom is -0.496 e. The van der Waals surface area contributed by atoms with Crippen LogP contribution in [-0.2, 0) is 0 Å². The van der Waals surface area contributed by atoms with E-state index in [0.717, 1.165) is 0 Å². The van der Waals surface area contributed by atoms with Gasteiger partial charge in [0.15, 0.2) is 0 Å². The van der Waals surface area contributed by atoms with E-state index in [4.69, 9.17) is 4.74 Å². The van der Waals surface area contributed by atoms with E-state index in [1.807, 2.05) is 6.07 Å². The second-order valence-corrected chi connectivity index (χ2v) is 5.52. The van der Waals surface area contributed by atoms with Gasteiger partial charge >= 0.3 is 0 Å². The molecule has 0 saturated carbocycles. The van der Waals surface area contributed by atoms with E-state index in [0.29, 0.717) is 28.3 Å². The maximum Gasteiger partial charge on any atom is 0.259 e. The second kappa shape index (κ2) is 7.98. The SMILES string of the molecule is COc1ccccc1C(=O)Nc1ccccc1NC(=O)c1ccccc1. The van der Waals surface area contributed by atoms with Gasteiger partial charge in [-0.15, -0.1) is 0 Å². The van der Waals surface area contributed by atoms with E-state index in [9.17, 15) is 9.59 Å². The first-order chi connectivity index (χ1) is 12.7. The Labute approximate surface area is 151 Å². The minimum atomic E-state index is -0.316. The Bertz CT molecular complexity index is 923. The number of amides is 2. The maximum absolute atomic E-state index is 12.6. The van der Waals surface area contributed by atoms with Crippen LogP contribution in [0.15, 0.2) is 78.9 Å². The van der Waals surface area contributed by atoms with Crippen LogP contribution in [0.2, 0.25) is 0 Å². The molecule has 2 amide bonds. The summed E-state index contributed by atoms with van der Waals surface area (Å²) in [4.78, 5) is 25.0. The third-order valence-corrected chi connectivity index (χ3v) is 3.81. The molecule has 0 fully saturated rings. The molecule has 0 bridgehead atoms. The molecule has 0 spiro atoms. The van der Waals surface area contributed by atoms with Gasteiger partial charge in [-0.1, -0.05) is 42.5 Å². The Morgan fingerprint density at radius 3 is 1.88 bits per heavy atom. The lowest BCUT2D eigenvalue weighted by Crippen LogP contribution is -2.17. The van der Waals surface area contributed by atoms with E-state index in [1.54, 1.807) is 72.8 Å². The second-order valence-electron chi connectivity index (χ2n) is 5.52. The smallest absolute Gasteiger partial charge is 0.259 e. The topological polar surface area (TPSA) is 67.4 Å². The lowest BCUT2D eigenvalue weighted by Gasteiger charge is -2.13. The first kappa shape index (κ1) is 17.2. The van der Waals surface area contributed by atoms with Crippen molar-refractivity contribution in [3.05, 3.63) is 90.0 Å². The van der Waals surface area contributed by atoms with Gasteiger partial charge in [0.1, 0.15) is 5.75 Å². The fourth-order valence-electron chi connectivity index (χ4n) is 2.51. The Kier molecular flexibility index (Phi) is 5.29. The number of methoxy groups -OCH3 is 1. The maximum atomic E-state index is 12.6. The van der Waals surface area contributed by atoms with Gasteiger partial charge in [-0.25, -0.2) is 0 Å². The number of hydrogen-bond donors (Lipinski definition) is 2. The molecule has 0 aliphatic heterocycles. The van der Waals surface area contributed by atoms with Gasteiger partial charge in [-0.2, -0.15) is 0 Å². The number of benzene rings is 3. The highest BCUT2D eigenvalue weighted by atomic mass is 16.5. The third kappa shape index (κ3) is 3.89. The number of carbonyl (C=O) groups is 2. The van der Waals surface area contributed by atoms with E-state index < -0.39 is 0 Å². The van der Waals surface area contributed by atoms with Crippen LogP contribution >= 0.6 is 0 Å². The van der Waals surface area contributed by atoms with Gasteiger partial charge in [0.05, 0.1) is 24.0 Å². The molecular formula is C21H18N2O3. The summed E-state index contributed by atoms with van der Waals surface area (Å²) in [5.74, 6) is -0.0794. The fourth-order valence-corrected chi connectivity index (χ4v) is 2.51. The van der Waals surface area contributed by atoms with Crippen molar-refractivity contribution in [2.45, 2.75) is 0 Å². The number of carbonyl (C=O) groups excluding carboxylic acids is 2. The van der Waals surface area contributed by atoms with Crippen molar-refractivity contribution in [2.75, 3.05) is 17.7 Å². The molecule has 0 aliphatic carbocycles. The van der Waals surface area contributed by atoms with Gasteiger partial charge in [0, 0.05) is 5.56 Å². The molecule has 3 aromatic rings. The lowest BCUT2D eigenvalue weighted by atomic mass is 10.1. The third-order valence-electron chi connectivity index (χ3n) is 3.81. The van der Waals surface area contributed by atoms with Gasteiger partial charge in [-0.3, -0.25) is 9.59 Å². The van der Waals surface area contributed by atoms with Crippen molar-refractivity contribution < 1.29 is 14.3 Å². The highest BCUT2D eigenvalue weighted by molar-refractivity contribution is 6.10. The molecule has 26 heavy (non-hydrogen) atoms. The van der Waals surface area contributed by atoms with E-state index >= 15 is 0 Å². The molecule has 0 saturated heterocycles. The summed E-state index contributed by atoms with van der Waals surface area (Å²) < 4.78 is 5.23. The molecule has 0 aromatic heterocycles. The summed E-state index contributed by atoms with van der Waals surface area (Å²) in [5, 5.41) is 5.65. The van der Waals surface area contributed by atoms with Crippen molar-refractivity contribution >= 4 is 23.2 Å². The largest absolute Gasteiger partial charge is 0.496 e. The van der Waals surface area contributed by atoms with Crippen molar-refractivity contribution in [3.8, 4) is 5.75 Å². The highest BCUT2D eigenvalue weighted by Gasteiger charge is 2.14. The van der Waals surface area contributed by atoms with Crippen LogP contribution in [0.25, 0.3) is 0 Å². The zero-order valence-electron chi connectivity index (χ0n) is 14.2. The summed E-state index contributed by atoms with van der Waals surface area (Å²) in [7, 11) is 1.51. The van der Waals surface area contributed by atoms with Gasteiger partial charge in [0.2, 0.25) is 0 Å². The molecule has 3 rings (SSSR count). The summed E-state index contributed by atoms with van der Waals surface area (Å²) in [6.45, 7) is 0. The van der Waals surface area contributed by atoms with Gasteiger partial charge in [0.25, 0.3) is 11.8 Å². The molecule has 0 heterocycles. The number of hydrogen-bond acceptors (Lipinski definition) is 3. The van der Waals surface area contributed by atoms with Crippen LogP contribution in [0.5, 0.6) is 5.75 Å². The van der Waals surface area contributed by atoms with Crippen LogP contribution in [-0.4, -0.2) is 18.9 Å². The molecule has 130 valence electrons. The van der Waals surface area contributed by atoms with Crippen LogP contribution in [0, 0.1) is 0 Å². The average Bonchev–Trinajstić information content (AvgIpc) is 2.70. The Hall–Kier alpha value is -3.60. The zero-order valence-corrected chi connectivity index (χ0v) is 14.2. The summed E-state index contributed by atoms with van der Waals surface area (Å²) in [5.41, 5.74) is 1.98. The molecule has 0 unspecified atom stereocenters. The van der Waals surface area contributed by atoms with E-state index in [1.165, 1.54) is 7.11 Å². The van der Waals surface area contributed by atoms with E-state index in [-0.39, 0.29) is 11.8 Å². The average molecular weight is 346 g/mol. The van der Waals surface area contributed by atoms with Crippen LogP contribution in [0.4, 0.5) is 11.4 Å². The molecule has 0 atom stereocenters. The number of nitrogens with one attached hydrogen (secondary N) is 2. The number of anilines is 2. The predicted molar refractivity (Wildman–Crippen MR) is 102 cm³/mol. The molecule has 0 aliphatic rings. The van der Waals surface area contributed by atoms with Gasteiger partial charge < -0.3 is 15.4 Å². The zero-order chi connectivity index (χ0) is 18.4. The van der Waals surface area contributed by atoms with Crippen molar-refractivity contribution in [2.24, 2.45) is 0 Å². The quantitative estimate of drug-likeness (QED) is 0.727. The monoisotopic (exact) mass is 346 g/mol. The molecule has 3 aromatic carbocycles. The molecule has 0 radical (unpaired) electrons. The van der Waals surface area contributed by atoms with Crippen LogP contribution in [0.3, 0.4) is 0 Å². The minimum absolute atomic E-state index is 0.246. The summed E-state index contributed by atoms with van der Waals surface area (Å²) in [6, 6.07) is 22.9. The lowest BCUT2D eigenvalue weighted by molar-refractivity contribution is 0.101. The van der Waals surface area contributed by atoms with Crippen molar-refractivity contribution in [1.29, 1.82) is 0 Å². The number of rotatable bonds is 5. The normalized spacial score (nSPS) is 10.0. The van der Waals surface area contributed by atoms with Gasteiger partial charge in [-0.05, 0) is 36.4 Å². The Morgan fingerprint density at radius 1 is 0.692 bits per heavy atom. The fraction of sp³-hybridized carbons (Fsp3) is 0.0476. The van der Waals surface area contributed by atoms with Crippen LogP contribution < -0.4 is 15.4 Å². The summed E-state index contributed by atoms with van der Waals surface area (Å²) >= 11 is 0. The Morgan fingerprint density at radius 2 is 1.23 bits per heavy atom.